The Morgan fingerprint density at radius 2 is 2.05 bits per heavy atom. The number of nitrogens with zero attached hydrogens (tertiary/aromatic N) is 1. The van der Waals surface area contributed by atoms with E-state index in [0.717, 1.165) is 30.0 Å². The molecule has 0 unspecified atom stereocenters. The summed E-state index contributed by atoms with van der Waals surface area (Å²) in [7, 11) is 0. The van der Waals surface area contributed by atoms with Crippen LogP contribution in [0.1, 0.15) is 26.1 Å². The predicted octanol–water partition coefficient (Wildman–Crippen LogP) is 2.79. The first-order chi connectivity index (χ1) is 9.24. The van der Waals surface area contributed by atoms with Gasteiger partial charge in [-0.05, 0) is 25.5 Å². The predicted molar refractivity (Wildman–Crippen MR) is 75.5 cm³/mol. The molecule has 2 aromatic rings. The van der Waals surface area contributed by atoms with Crippen LogP contribution in [0.25, 0.3) is 11.3 Å². The molecule has 0 atom stereocenters. The maximum atomic E-state index is 11.7. The Morgan fingerprint density at radius 1 is 1.26 bits per heavy atom. The minimum Gasteiger partial charge on any atom is -0.493 e. The highest BCUT2D eigenvalue weighted by atomic mass is 16.5. The number of hydrogen-bond acceptors (Lipinski definition) is 3. The Kier molecular flexibility index (Phi) is 4.34. The van der Waals surface area contributed by atoms with Crippen LogP contribution in [0.3, 0.4) is 0 Å². The zero-order valence-corrected chi connectivity index (χ0v) is 11.3. The summed E-state index contributed by atoms with van der Waals surface area (Å²) in [6, 6.07) is 9.15. The van der Waals surface area contributed by atoms with Crippen molar-refractivity contribution >= 4 is 0 Å². The number of aryl methyl sites for hydroxylation is 1. The number of hydrogen-bond donors (Lipinski definition) is 1. The summed E-state index contributed by atoms with van der Waals surface area (Å²) in [4.78, 5) is 19.0. The van der Waals surface area contributed by atoms with Gasteiger partial charge in [-0.3, -0.25) is 4.79 Å². The van der Waals surface area contributed by atoms with Crippen LogP contribution < -0.4 is 10.3 Å². The number of H-pyrrole nitrogens is 1. The molecule has 0 aliphatic carbocycles. The van der Waals surface area contributed by atoms with Crippen LogP contribution in [-0.2, 0) is 6.42 Å². The number of nitrogens with one attached hydrogen (secondary N) is 1. The van der Waals surface area contributed by atoms with E-state index in [2.05, 4.69) is 16.9 Å². The summed E-state index contributed by atoms with van der Waals surface area (Å²) < 4.78 is 5.58. The van der Waals surface area contributed by atoms with Gasteiger partial charge in [-0.2, -0.15) is 0 Å². The molecule has 0 saturated carbocycles. The lowest BCUT2D eigenvalue weighted by atomic mass is 10.1. The second kappa shape index (κ2) is 6.18. The fraction of sp³-hybridized carbons (Fsp3) is 0.333. The van der Waals surface area contributed by atoms with E-state index in [-0.39, 0.29) is 5.56 Å². The number of benzene rings is 1. The zero-order chi connectivity index (χ0) is 13.7. The van der Waals surface area contributed by atoms with Crippen LogP contribution in [-0.4, -0.2) is 16.6 Å². The summed E-state index contributed by atoms with van der Waals surface area (Å²) in [5.41, 5.74) is 1.39. The van der Waals surface area contributed by atoms with E-state index in [0.29, 0.717) is 12.3 Å². The van der Waals surface area contributed by atoms with E-state index in [1.807, 2.05) is 31.2 Å². The van der Waals surface area contributed by atoms with E-state index >= 15 is 0 Å². The molecule has 19 heavy (non-hydrogen) atoms. The molecule has 0 radical (unpaired) electrons. The molecule has 4 nitrogen and oxygen atoms in total. The van der Waals surface area contributed by atoms with Gasteiger partial charge in [0, 0.05) is 18.1 Å². The Labute approximate surface area is 112 Å². The molecule has 2 rings (SSSR count). The molecule has 1 aromatic heterocycles. The summed E-state index contributed by atoms with van der Waals surface area (Å²) in [6.07, 6.45) is 1.71. The second-order valence-corrected chi connectivity index (χ2v) is 4.26. The SMILES string of the molecule is CCCc1nc(-c2ccccc2OCC)cc(=O)[nH]1. The van der Waals surface area contributed by atoms with Gasteiger partial charge in [0.05, 0.1) is 12.3 Å². The summed E-state index contributed by atoms with van der Waals surface area (Å²) in [5, 5.41) is 0. The van der Waals surface area contributed by atoms with Crippen molar-refractivity contribution < 1.29 is 4.74 Å². The van der Waals surface area contributed by atoms with Gasteiger partial charge in [0.25, 0.3) is 5.56 Å². The first-order valence-corrected chi connectivity index (χ1v) is 6.57. The van der Waals surface area contributed by atoms with Crippen molar-refractivity contribution in [3.8, 4) is 17.0 Å². The quantitative estimate of drug-likeness (QED) is 0.897. The van der Waals surface area contributed by atoms with Crippen LogP contribution in [0, 0.1) is 0 Å². The van der Waals surface area contributed by atoms with Gasteiger partial charge < -0.3 is 9.72 Å². The maximum absolute atomic E-state index is 11.7. The van der Waals surface area contributed by atoms with Gasteiger partial charge in [-0.15, -0.1) is 0 Å². The third-order valence-electron chi connectivity index (χ3n) is 2.74. The Hall–Kier alpha value is -2.10. The van der Waals surface area contributed by atoms with Gasteiger partial charge in [0.2, 0.25) is 0 Å². The van der Waals surface area contributed by atoms with Crippen molar-refractivity contribution in [2.75, 3.05) is 6.61 Å². The Morgan fingerprint density at radius 3 is 2.79 bits per heavy atom. The molecule has 0 spiro atoms. The summed E-state index contributed by atoms with van der Waals surface area (Å²) in [6.45, 7) is 4.58. The second-order valence-electron chi connectivity index (χ2n) is 4.26. The molecule has 1 N–H and O–H groups in total. The molecule has 1 heterocycles. The number of para-hydroxylation sites is 1. The third kappa shape index (κ3) is 3.22. The average molecular weight is 258 g/mol. The highest BCUT2D eigenvalue weighted by molar-refractivity contribution is 5.66. The molecule has 0 aliphatic heterocycles. The summed E-state index contributed by atoms with van der Waals surface area (Å²) in [5.74, 6) is 1.47. The molecule has 1 aromatic carbocycles. The monoisotopic (exact) mass is 258 g/mol. The van der Waals surface area contributed by atoms with Crippen molar-refractivity contribution in [3.05, 3.63) is 46.5 Å². The normalized spacial score (nSPS) is 10.4. The molecule has 0 fully saturated rings. The Balaban J connectivity index is 2.49. The topological polar surface area (TPSA) is 55.0 Å². The molecule has 4 heteroatoms. The highest BCUT2D eigenvalue weighted by Crippen LogP contribution is 2.27. The molecule has 100 valence electrons. The van der Waals surface area contributed by atoms with E-state index in [9.17, 15) is 4.79 Å². The van der Waals surface area contributed by atoms with E-state index in [4.69, 9.17) is 4.74 Å². The standard InChI is InChI=1S/C15H18N2O2/c1-3-7-14-16-12(10-15(18)17-14)11-8-5-6-9-13(11)19-4-2/h5-6,8-10H,3-4,7H2,1-2H3,(H,16,17,18). The molecule has 0 bridgehead atoms. The molecular formula is C15H18N2O2. The largest absolute Gasteiger partial charge is 0.493 e. The molecular weight excluding hydrogens is 240 g/mol. The average Bonchev–Trinajstić information content (AvgIpc) is 2.39. The van der Waals surface area contributed by atoms with Crippen LogP contribution in [0.5, 0.6) is 5.75 Å². The number of aromatic amines is 1. The van der Waals surface area contributed by atoms with Crippen LogP contribution in [0.4, 0.5) is 0 Å². The van der Waals surface area contributed by atoms with Gasteiger partial charge >= 0.3 is 0 Å². The van der Waals surface area contributed by atoms with Crippen molar-refractivity contribution in [2.24, 2.45) is 0 Å². The molecule has 0 aliphatic rings. The van der Waals surface area contributed by atoms with Crippen LogP contribution in [0.2, 0.25) is 0 Å². The number of rotatable bonds is 5. The van der Waals surface area contributed by atoms with Crippen molar-refractivity contribution in [2.45, 2.75) is 26.7 Å². The third-order valence-corrected chi connectivity index (χ3v) is 2.74. The maximum Gasteiger partial charge on any atom is 0.251 e. The first-order valence-electron chi connectivity index (χ1n) is 6.57. The van der Waals surface area contributed by atoms with Crippen molar-refractivity contribution in [1.82, 2.24) is 9.97 Å². The smallest absolute Gasteiger partial charge is 0.251 e. The molecule has 0 amide bonds. The molecule has 0 saturated heterocycles. The lowest BCUT2D eigenvalue weighted by molar-refractivity contribution is 0.341. The lowest BCUT2D eigenvalue weighted by Crippen LogP contribution is -2.11. The number of aromatic nitrogens is 2. The highest BCUT2D eigenvalue weighted by Gasteiger charge is 2.09. The van der Waals surface area contributed by atoms with Crippen molar-refractivity contribution in [3.63, 3.8) is 0 Å². The van der Waals surface area contributed by atoms with E-state index in [1.54, 1.807) is 0 Å². The van der Waals surface area contributed by atoms with E-state index < -0.39 is 0 Å². The number of ether oxygens (including phenoxy) is 1. The van der Waals surface area contributed by atoms with Crippen molar-refractivity contribution in [1.29, 1.82) is 0 Å². The summed E-state index contributed by atoms with van der Waals surface area (Å²) >= 11 is 0. The van der Waals surface area contributed by atoms with Gasteiger partial charge in [-0.25, -0.2) is 4.98 Å². The van der Waals surface area contributed by atoms with E-state index in [1.165, 1.54) is 6.07 Å². The fourth-order valence-electron chi connectivity index (χ4n) is 1.96. The Bertz CT molecular complexity index is 605. The van der Waals surface area contributed by atoms with Gasteiger partial charge in [0.1, 0.15) is 11.6 Å². The minimum atomic E-state index is -0.125. The minimum absolute atomic E-state index is 0.125. The van der Waals surface area contributed by atoms with Gasteiger partial charge in [-0.1, -0.05) is 19.1 Å². The van der Waals surface area contributed by atoms with Crippen LogP contribution >= 0.6 is 0 Å². The fourth-order valence-corrected chi connectivity index (χ4v) is 1.96. The first kappa shape index (κ1) is 13.3. The van der Waals surface area contributed by atoms with Crippen LogP contribution in [0.15, 0.2) is 35.1 Å². The lowest BCUT2D eigenvalue weighted by Gasteiger charge is -2.10. The van der Waals surface area contributed by atoms with Gasteiger partial charge in [0.15, 0.2) is 0 Å². The zero-order valence-electron chi connectivity index (χ0n) is 11.3.